The number of likely N-dealkylation sites (tertiary alicyclic amines) is 1. The average molecular weight is 559 g/mol. The lowest BCUT2D eigenvalue weighted by Gasteiger charge is -2.40. The summed E-state index contributed by atoms with van der Waals surface area (Å²) in [4.78, 5) is 33.2. The number of amides is 1. The molecule has 1 aromatic carbocycles. The molecule has 2 aromatic heterocycles. The Morgan fingerprint density at radius 2 is 1.82 bits per heavy atom. The van der Waals surface area contributed by atoms with Gasteiger partial charge < -0.3 is 19.3 Å². The Balaban J connectivity index is 1.37. The van der Waals surface area contributed by atoms with E-state index >= 15 is 0 Å². The van der Waals surface area contributed by atoms with E-state index in [0.29, 0.717) is 32.7 Å². The highest BCUT2D eigenvalue weighted by Gasteiger charge is 2.39. The number of piperidine rings is 1. The highest BCUT2D eigenvalue weighted by molar-refractivity contribution is 5.85. The molecule has 1 fully saturated rings. The molecule has 4 heterocycles. The molecule has 0 saturated carbocycles. The third-order valence-electron chi connectivity index (χ3n) is 7.91. The lowest BCUT2D eigenvalue weighted by molar-refractivity contribution is -0.274. The standard InChI is InChI=1S/C29H33F3N4O4/c1-28(2)18-35(24(37)17-34-12-9-19(10-13-34)14-25(38)39)16-23-26(28)22-4-3-11-33-27(22)36(23)15-20-5-7-21(8-6-20)40-29(30,31)32/h3-8,11,19H,9-10,12-18H2,1-2H3,(H,38,39). The first-order valence-corrected chi connectivity index (χ1v) is 13.4. The van der Waals surface area contributed by atoms with Gasteiger partial charge in [-0.1, -0.05) is 26.0 Å². The monoisotopic (exact) mass is 558 g/mol. The largest absolute Gasteiger partial charge is 0.573 e. The van der Waals surface area contributed by atoms with Crippen LogP contribution in [0.15, 0.2) is 42.6 Å². The van der Waals surface area contributed by atoms with Gasteiger partial charge in [-0.05, 0) is 67.2 Å². The number of rotatable bonds is 7. The molecule has 0 spiro atoms. The zero-order chi connectivity index (χ0) is 28.7. The fourth-order valence-corrected chi connectivity index (χ4v) is 6.15. The van der Waals surface area contributed by atoms with Crippen LogP contribution in [-0.4, -0.2) is 68.9 Å². The van der Waals surface area contributed by atoms with Crippen molar-refractivity contribution in [1.82, 2.24) is 19.4 Å². The molecule has 0 radical (unpaired) electrons. The number of alkyl halides is 3. The SMILES string of the molecule is CC1(C)CN(C(=O)CN2CCC(CC(=O)O)CC2)Cc2c1c1cccnc1n2Cc1ccc(OC(F)(F)F)cc1. The second-order valence-corrected chi connectivity index (χ2v) is 11.4. The number of carboxylic acid groups (broad SMARTS) is 1. The van der Waals surface area contributed by atoms with Gasteiger partial charge in [-0.15, -0.1) is 13.2 Å². The van der Waals surface area contributed by atoms with Crippen LogP contribution in [0.5, 0.6) is 5.75 Å². The van der Waals surface area contributed by atoms with Gasteiger partial charge in [0, 0.05) is 42.2 Å². The molecule has 1 saturated heterocycles. The molecule has 0 bridgehead atoms. The number of hydrogen-bond donors (Lipinski definition) is 1. The van der Waals surface area contributed by atoms with Crippen LogP contribution in [0.25, 0.3) is 11.0 Å². The van der Waals surface area contributed by atoms with Crippen LogP contribution in [0.4, 0.5) is 13.2 Å². The Morgan fingerprint density at radius 1 is 1.12 bits per heavy atom. The first-order chi connectivity index (χ1) is 18.9. The highest BCUT2D eigenvalue weighted by Crippen LogP contribution is 2.40. The Morgan fingerprint density at radius 3 is 2.48 bits per heavy atom. The van der Waals surface area contributed by atoms with E-state index in [0.717, 1.165) is 40.7 Å². The fourth-order valence-electron chi connectivity index (χ4n) is 6.15. The summed E-state index contributed by atoms with van der Waals surface area (Å²) in [5.74, 6) is -0.888. The van der Waals surface area contributed by atoms with Crippen molar-refractivity contribution in [2.75, 3.05) is 26.2 Å². The van der Waals surface area contributed by atoms with Gasteiger partial charge in [0.05, 0.1) is 13.1 Å². The minimum Gasteiger partial charge on any atom is -0.481 e. The average Bonchev–Trinajstić information content (AvgIpc) is 3.19. The summed E-state index contributed by atoms with van der Waals surface area (Å²) in [6.45, 7) is 7.24. The summed E-state index contributed by atoms with van der Waals surface area (Å²) in [6.07, 6.45) is -1.34. The van der Waals surface area contributed by atoms with E-state index in [-0.39, 0.29) is 36.0 Å². The molecule has 1 amide bonds. The number of halogens is 3. The van der Waals surface area contributed by atoms with Gasteiger partial charge in [0.1, 0.15) is 11.4 Å². The van der Waals surface area contributed by atoms with Crippen molar-refractivity contribution in [3.63, 3.8) is 0 Å². The smallest absolute Gasteiger partial charge is 0.481 e. The van der Waals surface area contributed by atoms with Gasteiger partial charge in [0.15, 0.2) is 0 Å². The molecule has 0 aliphatic carbocycles. The van der Waals surface area contributed by atoms with Gasteiger partial charge in [-0.25, -0.2) is 4.98 Å². The number of carbonyl (C=O) groups excluding carboxylic acids is 1. The van der Waals surface area contributed by atoms with E-state index in [2.05, 4.69) is 33.0 Å². The molecule has 2 aliphatic heterocycles. The van der Waals surface area contributed by atoms with Crippen LogP contribution >= 0.6 is 0 Å². The van der Waals surface area contributed by atoms with Crippen molar-refractivity contribution in [1.29, 1.82) is 0 Å². The van der Waals surface area contributed by atoms with Crippen molar-refractivity contribution in [3.05, 3.63) is 59.4 Å². The van der Waals surface area contributed by atoms with Gasteiger partial charge in [-0.3, -0.25) is 14.5 Å². The van der Waals surface area contributed by atoms with Gasteiger partial charge >= 0.3 is 12.3 Å². The van der Waals surface area contributed by atoms with Crippen LogP contribution in [0.1, 0.15) is 49.9 Å². The minimum absolute atomic E-state index is 0.0221. The highest BCUT2D eigenvalue weighted by atomic mass is 19.4. The van der Waals surface area contributed by atoms with E-state index in [4.69, 9.17) is 5.11 Å². The van der Waals surface area contributed by atoms with Crippen molar-refractivity contribution >= 4 is 22.9 Å². The molecule has 0 atom stereocenters. The lowest BCUT2D eigenvalue weighted by atomic mass is 9.79. The van der Waals surface area contributed by atoms with Crippen LogP contribution in [-0.2, 0) is 28.1 Å². The molecule has 3 aromatic rings. The third kappa shape index (κ3) is 6.09. The first-order valence-electron chi connectivity index (χ1n) is 13.4. The maximum absolute atomic E-state index is 13.5. The zero-order valence-corrected chi connectivity index (χ0v) is 22.6. The van der Waals surface area contributed by atoms with Crippen molar-refractivity contribution in [2.45, 2.75) is 58.0 Å². The first kappa shape index (κ1) is 27.9. The lowest BCUT2D eigenvalue weighted by Crippen LogP contribution is -2.49. The Bertz CT molecular complexity index is 1390. The number of carbonyl (C=O) groups is 2. The van der Waals surface area contributed by atoms with Crippen LogP contribution in [0.3, 0.4) is 0 Å². The minimum atomic E-state index is -4.75. The quantitative estimate of drug-likeness (QED) is 0.449. The maximum atomic E-state index is 13.5. The summed E-state index contributed by atoms with van der Waals surface area (Å²) in [5.41, 5.74) is 3.30. The normalized spacial score (nSPS) is 18.1. The van der Waals surface area contributed by atoms with Crippen LogP contribution < -0.4 is 4.74 Å². The van der Waals surface area contributed by atoms with Crippen molar-refractivity contribution in [2.24, 2.45) is 5.92 Å². The molecular formula is C29H33F3N4O4. The predicted molar refractivity (Wildman–Crippen MR) is 142 cm³/mol. The summed E-state index contributed by atoms with van der Waals surface area (Å²) in [7, 11) is 0. The van der Waals surface area contributed by atoms with E-state index in [1.165, 1.54) is 12.1 Å². The van der Waals surface area contributed by atoms with E-state index < -0.39 is 12.3 Å². The molecule has 1 N–H and O–H groups in total. The van der Waals surface area contributed by atoms with E-state index in [1.807, 2.05) is 17.0 Å². The summed E-state index contributed by atoms with van der Waals surface area (Å²) in [6, 6.07) is 9.72. The van der Waals surface area contributed by atoms with E-state index in [9.17, 15) is 22.8 Å². The molecular weight excluding hydrogens is 525 g/mol. The zero-order valence-electron chi connectivity index (χ0n) is 22.6. The van der Waals surface area contributed by atoms with Crippen LogP contribution in [0.2, 0.25) is 0 Å². The van der Waals surface area contributed by atoms with E-state index in [1.54, 1.807) is 18.3 Å². The topological polar surface area (TPSA) is 87.9 Å². The van der Waals surface area contributed by atoms with Crippen LogP contribution in [0, 0.1) is 5.92 Å². The number of ether oxygens (including phenoxy) is 1. The Labute approximate surface area is 230 Å². The Hall–Kier alpha value is -3.60. The van der Waals surface area contributed by atoms with Crippen molar-refractivity contribution < 1.29 is 32.6 Å². The number of aliphatic carboxylic acids is 1. The molecule has 0 unspecified atom stereocenters. The number of pyridine rings is 1. The van der Waals surface area contributed by atoms with Gasteiger partial charge in [0.25, 0.3) is 0 Å². The molecule has 2 aliphatic rings. The molecule has 5 rings (SSSR count). The number of carboxylic acids is 1. The summed E-state index contributed by atoms with van der Waals surface area (Å²) in [5, 5.41) is 10.1. The fraction of sp³-hybridized carbons (Fsp3) is 0.483. The number of nitrogens with zero attached hydrogens (tertiary/aromatic N) is 4. The number of aromatic nitrogens is 2. The molecule has 11 heteroatoms. The second-order valence-electron chi connectivity index (χ2n) is 11.4. The second kappa shape index (κ2) is 10.8. The number of benzene rings is 1. The summed E-state index contributed by atoms with van der Waals surface area (Å²) < 4.78 is 43.9. The number of fused-ring (bicyclic) bond motifs is 3. The Kier molecular flexibility index (Phi) is 7.52. The number of hydrogen-bond acceptors (Lipinski definition) is 5. The third-order valence-corrected chi connectivity index (χ3v) is 7.91. The maximum Gasteiger partial charge on any atom is 0.573 e. The van der Waals surface area contributed by atoms with Crippen molar-refractivity contribution in [3.8, 4) is 5.75 Å². The summed E-state index contributed by atoms with van der Waals surface area (Å²) >= 11 is 0. The molecule has 214 valence electrons. The molecule has 40 heavy (non-hydrogen) atoms. The van der Waals surface area contributed by atoms with Gasteiger partial charge in [-0.2, -0.15) is 0 Å². The predicted octanol–water partition coefficient (Wildman–Crippen LogP) is 4.79. The molecule has 8 nitrogen and oxygen atoms in total. The van der Waals surface area contributed by atoms with Gasteiger partial charge in [0.2, 0.25) is 5.91 Å².